The number of carbonyl (C=O) groups is 2. The Morgan fingerprint density at radius 1 is 1.20 bits per heavy atom. The summed E-state index contributed by atoms with van der Waals surface area (Å²) in [5.41, 5.74) is 7.68. The molecule has 25 heavy (non-hydrogen) atoms. The zero-order valence-corrected chi connectivity index (χ0v) is 14.2. The second kappa shape index (κ2) is 6.84. The van der Waals surface area contributed by atoms with Crippen LogP contribution in [0.25, 0.3) is 0 Å². The van der Waals surface area contributed by atoms with Gasteiger partial charge in [-0.3, -0.25) is 9.59 Å². The molecule has 2 aromatic rings. The highest BCUT2D eigenvalue weighted by molar-refractivity contribution is 6.08. The van der Waals surface area contributed by atoms with E-state index in [1.165, 1.54) is 7.11 Å². The van der Waals surface area contributed by atoms with E-state index in [1.54, 1.807) is 23.1 Å². The second-order valence-electron chi connectivity index (χ2n) is 5.98. The number of para-hydroxylation sites is 1. The van der Waals surface area contributed by atoms with E-state index in [1.807, 2.05) is 31.2 Å². The van der Waals surface area contributed by atoms with Crippen molar-refractivity contribution in [1.29, 1.82) is 0 Å². The van der Waals surface area contributed by atoms with Gasteiger partial charge in [0.15, 0.2) is 18.1 Å². The van der Waals surface area contributed by atoms with Crippen molar-refractivity contribution >= 4 is 17.5 Å². The number of rotatable bonds is 5. The van der Waals surface area contributed by atoms with Crippen molar-refractivity contribution in [2.75, 3.05) is 18.6 Å². The van der Waals surface area contributed by atoms with Gasteiger partial charge in [0, 0.05) is 17.3 Å². The van der Waals surface area contributed by atoms with Crippen LogP contribution in [0.4, 0.5) is 5.69 Å². The molecule has 2 aromatic carbocycles. The molecule has 0 bridgehead atoms. The Morgan fingerprint density at radius 2 is 1.96 bits per heavy atom. The fourth-order valence-corrected chi connectivity index (χ4v) is 3.08. The van der Waals surface area contributed by atoms with Crippen molar-refractivity contribution in [1.82, 2.24) is 0 Å². The molecule has 2 amide bonds. The first-order chi connectivity index (χ1) is 12.0. The molecular formula is C19H20N2O4. The molecule has 0 saturated heterocycles. The van der Waals surface area contributed by atoms with Crippen LogP contribution in [0.5, 0.6) is 11.5 Å². The van der Waals surface area contributed by atoms with Crippen LogP contribution in [0.15, 0.2) is 42.5 Å². The van der Waals surface area contributed by atoms with Crippen LogP contribution in [0.3, 0.4) is 0 Å². The van der Waals surface area contributed by atoms with E-state index >= 15 is 0 Å². The Labute approximate surface area is 146 Å². The van der Waals surface area contributed by atoms with Crippen molar-refractivity contribution in [2.45, 2.75) is 19.4 Å². The van der Waals surface area contributed by atoms with E-state index in [9.17, 15) is 9.59 Å². The monoisotopic (exact) mass is 340 g/mol. The molecule has 3 rings (SSSR count). The standard InChI is InChI=1S/C19H20N2O4/c1-12-9-13-5-3-4-6-15(13)21(12)19(23)14-7-8-16(17(10-14)24-2)25-11-18(20)22/h3-8,10,12H,9,11H2,1-2H3,(H2,20,22). The molecule has 6 heteroatoms. The smallest absolute Gasteiger partial charge is 0.258 e. The summed E-state index contributed by atoms with van der Waals surface area (Å²) in [5, 5.41) is 0. The largest absolute Gasteiger partial charge is 0.493 e. The lowest BCUT2D eigenvalue weighted by Gasteiger charge is -2.23. The van der Waals surface area contributed by atoms with Gasteiger partial charge in [-0.1, -0.05) is 18.2 Å². The zero-order chi connectivity index (χ0) is 18.0. The second-order valence-corrected chi connectivity index (χ2v) is 5.98. The highest BCUT2D eigenvalue weighted by atomic mass is 16.5. The molecule has 2 N–H and O–H groups in total. The SMILES string of the molecule is COc1cc(C(=O)N2c3ccccc3CC2C)ccc1OCC(N)=O. The number of amides is 2. The Morgan fingerprint density at radius 3 is 2.68 bits per heavy atom. The van der Waals surface area contributed by atoms with Gasteiger partial charge in [0.2, 0.25) is 0 Å². The molecule has 0 radical (unpaired) electrons. The summed E-state index contributed by atoms with van der Waals surface area (Å²) in [6, 6.07) is 12.9. The fourth-order valence-electron chi connectivity index (χ4n) is 3.08. The Balaban J connectivity index is 1.89. The fraction of sp³-hybridized carbons (Fsp3) is 0.263. The molecule has 1 atom stereocenters. The van der Waals surface area contributed by atoms with Crippen LogP contribution in [0.2, 0.25) is 0 Å². The minimum Gasteiger partial charge on any atom is -0.493 e. The molecule has 6 nitrogen and oxygen atoms in total. The average molecular weight is 340 g/mol. The van der Waals surface area contributed by atoms with Gasteiger partial charge in [-0.15, -0.1) is 0 Å². The first-order valence-electron chi connectivity index (χ1n) is 8.02. The Bertz CT molecular complexity index is 819. The summed E-state index contributed by atoms with van der Waals surface area (Å²) in [4.78, 5) is 25.7. The Kier molecular flexibility index (Phi) is 4.61. The average Bonchev–Trinajstić information content (AvgIpc) is 2.94. The van der Waals surface area contributed by atoms with E-state index in [0.29, 0.717) is 17.1 Å². The minimum atomic E-state index is -0.579. The van der Waals surface area contributed by atoms with Crippen molar-refractivity contribution in [2.24, 2.45) is 5.73 Å². The van der Waals surface area contributed by atoms with Crippen LogP contribution < -0.4 is 20.1 Å². The van der Waals surface area contributed by atoms with Gasteiger partial charge in [0.25, 0.3) is 11.8 Å². The van der Waals surface area contributed by atoms with Gasteiger partial charge >= 0.3 is 0 Å². The Hall–Kier alpha value is -3.02. The van der Waals surface area contributed by atoms with Crippen molar-refractivity contribution in [3.63, 3.8) is 0 Å². The molecule has 1 unspecified atom stereocenters. The number of nitrogens with two attached hydrogens (primary N) is 1. The third-order valence-electron chi connectivity index (χ3n) is 4.21. The number of methoxy groups -OCH3 is 1. The van der Waals surface area contributed by atoms with E-state index in [4.69, 9.17) is 15.2 Å². The van der Waals surface area contributed by atoms with Crippen LogP contribution in [0.1, 0.15) is 22.8 Å². The number of hydrogen-bond donors (Lipinski definition) is 1. The van der Waals surface area contributed by atoms with E-state index in [0.717, 1.165) is 17.7 Å². The highest BCUT2D eigenvalue weighted by Gasteiger charge is 2.31. The lowest BCUT2D eigenvalue weighted by Crippen LogP contribution is -2.35. The normalized spacial score (nSPS) is 15.6. The molecule has 0 saturated carbocycles. The lowest BCUT2D eigenvalue weighted by atomic mass is 10.1. The summed E-state index contributed by atoms with van der Waals surface area (Å²) in [7, 11) is 1.48. The summed E-state index contributed by atoms with van der Waals surface area (Å²) in [6.45, 7) is 1.78. The van der Waals surface area contributed by atoms with E-state index < -0.39 is 5.91 Å². The van der Waals surface area contributed by atoms with Crippen LogP contribution >= 0.6 is 0 Å². The molecule has 1 heterocycles. The topological polar surface area (TPSA) is 81.9 Å². The predicted molar refractivity (Wildman–Crippen MR) is 94.1 cm³/mol. The zero-order valence-electron chi connectivity index (χ0n) is 14.2. The van der Waals surface area contributed by atoms with Gasteiger partial charge in [-0.05, 0) is 43.2 Å². The van der Waals surface area contributed by atoms with Gasteiger partial charge in [0.1, 0.15) is 0 Å². The number of carbonyl (C=O) groups excluding carboxylic acids is 2. The number of nitrogens with zero attached hydrogens (tertiary/aromatic N) is 1. The molecule has 130 valence electrons. The third-order valence-corrected chi connectivity index (χ3v) is 4.21. The quantitative estimate of drug-likeness (QED) is 0.904. The first-order valence-corrected chi connectivity index (χ1v) is 8.02. The lowest BCUT2D eigenvalue weighted by molar-refractivity contribution is -0.119. The molecule has 0 aliphatic carbocycles. The summed E-state index contributed by atoms with van der Waals surface area (Å²) in [6.07, 6.45) is 0.832. The van der Waals surface area contributed by atoms with Crippen LogP contribution in [-0.4, -0.2) is 31.6 Å². The molecular weight excluding hydrogens is 320 g/mol. The van der Waals surface area contributed by atoms with E-state index in [2.05, 4.69) is 0 Å². The van der Waals surface area contributed by atoms with Gasteiger partial charge in [-0.2, -0.15) is 0 Å². The summed E-state index contributed by atoms with van der Waals surface area (Å²) >= 11 is 0. The number of anilines is 1. The number of fused-ring (bicyclic) bond motifs is 1. The minimum absolute atomic E-state index is 0.0849. The van der Waals surface area contributed by atoms with E-state index in [-0.39, 0.29) is 18.6 Å². The van der Waals surface area contributed by atoms with Crippen molar-refractivity contribution < 1.29 is 19.1 Å². The predicted octanol–water partition coefficient (Wildman–Crippen LogP) is 2.15. The number of primary amides is 1. The summed E-state index contributed by atoms with van der Waals surface area (Å²) < 4.78 is 10.6. The molecule has 1 aliphatic rings. The van der Waals surface area contributed by atoms with Gasteiger partial charge < -0.3 is 20.1 Å². The van der Waals surface area contributed by atoms with Crippen LogP contribution in [-0.2, 0) is 11.2 Å². The van der Waals surface area contributed by atoms with Gasteiger partial charge in [-0.25, -0.2) is 0 Å². The third kappa shape index (κ3) is 3.28. The first kappa shape index (κ1) is 16.8. The molecule has 0 spiro atoms. The highest BCUT2D eigenvalue weighted by Crippen LogP contribution is 2.34. The maximum absolute atomic E-state index is 13.0. The molecule has 1 aliphatic heterocycles. The van der Waals surface area contributed by atoms with Crippen LogP contribution in [0, 0.1) is 0 Å². The number of benzene rings is 2. The maximum atomic E-state index is 13.0. The maximum Gasteiger partial charge on any atom is 0.258 e. The van der Waals surface area contributed by atoms with Crippen molar-refractivity contribution in [3.8, 4) is 11.5 Å². The molecule has 0 fully saturated rings. The summed E-state index contributed by atoms with van der Waals surface area (Å²) in [5.74, 6) is 0.0712. The number of ether oxygens (including phenoxy) is 2. The van der Waals surface area contributed by atoms with Crippen molar-refractivity contribution in [3.05, 3.63) is 53.6 Å². The number of hydrogen-bond acceptors (Lipinski definition) is 4. The molecule has 0 aromatic heterocycles. The van der Waals surface area contributed by atoms with Gasteiger partial charge in [0.05, 0.1) is 7.11 Å².